The van der Waals surface area contributed by atoms with Crippen LogP contribution in [0, 0.1) is 0 Å². The minimum atomic E-state index is -4.50. The Hall–Kier alpha value is -2.59. The van der Waals surface area contributed by atoms with E-state index in [2.05, 4.69) is 4.99 Å². The molecule has 0 saturated heterocycles. The van der Waals surface area contributed by atoms with E-state index in [1.165, 1.54) is 48.5 Å². The first-order valence-corrected chi connectivity index (χ1v) is 5.53. The van der Waals surface area contributed by atoms with Crippen LogP contribution in [0.25, 0.3) is 0 Å². The lowest BCUT2D eigenvalue weighted by molar-refractivity contribution is -0.138. The standard InChI is InChI=1S/C14H8F3NO2/c15-14(16,17)12-6-1-2-7-13(12)20-11-5-3-4-10(8-11)18-9-19/h1-8H. The second-order valence-corrected chi connectivity index (χ2v) is 3.80. The molecule has 0 atom stereocenters. The van der Waals surface area contributed by atoms with Crippen molar-refractivity contribution < 1.29 is 22.7 Å². The molecule has 6 heteroatoms. The van der Waals surface area contributed by atoms with E-state index in [-0.39, 0.29) is 17.2 Å². The molecule has 0 aromatic heterocycles. The van der Waals surface area contributed by atoms with Gasteiger partial charge in [0.2, 0.25) is 6.08 Å². The van der Waals surface area contributed by atoms with Crippen LogP contribution < -0.4 is 4.74 Å². The van der Waals surface area contributed by atoms with Gasteiger partial charge in [0.15, 0.2) is 0 Å². The van der Waals surface area contributed by atoms with Crippen molar-refractivity contribution in [2.24, 2.45) is 4.99 Å². The minimum absolute atomic E-state index is 0.151. The molecule has 0 saturated carbocycles. The van der Waals surface area contributed by atoms with Crippen molar-refractivity contribution in [3.05, 3.63) is 54.1 Å². The smallest absolute Gasteiger partial charge is 0.419 e. The van der Waals surface area contributed by atoms with Crippen LogP contribution in [0.15, 0.2) is 53.5 Å². The lowest BCUT2D eigenvalue weighted by Crippen LogP contribution is -2.06. The highest BCUT2D eigenvalue weighted by Gasteiger charge is 2.34. The summed E-state index contributed by atoms with van der Waals surface area (Å²) in [5.41, 5.74) is -0.619. The molecule has 2 rings (SSSR count). The highest BCUT2D eigenvalue weighted by Crippen LogP contribution is 2.38. The Morgan fingerprint density at radius 3 is 2.50 bits per heavy atom. The normalized spacial score (nSPS) is 10.8. The zero-order valence-electron chi connectivity index (χ0n) is 10.0. The maximum atomic E-state index is 12.8. The summed E-state index contributed by atoms with van der Waals surface area (Å²) >= 11 is 0. The fraction of sp³-hybridized carbons (Fsp3) is 0.0714. The zero-order valence-corrected chi connectivity index (χ0v) is 10.0. The Morgan fingerprint density at radius 1 is 1.05 bits per heavy atom. The Balaban J connectivity index is 2.35. The van der Waals surface area contributed by atoms with Crippen LogP contribution in [-0.4, -0.2) is 6.08 Å². The lowest BCUT2D eigenvalue weighted by Gasteiger charge is -2.13. The van der Waals surface area contributed by atoms with Gasteiger partial charge in [0.1, 0.15) is 11.5 Å². The number of hydrogen-bond donors (Lipinski definition) is 0. The largest absolute Gasteiger partial charge is 0.457 e. The molecule has 0 fully saturated rings. The molecule has 0 aliphatic heterocycles. The number of carbonyl (C=O) groups excluding carboxylic acids is 1. The van der Waals surface area contributed by atoms with Gasteiger partial charge in [-0.05, 0) is 24.3 Å². The van der Waals surface area contributed by atoms with Gasteiger partial charge in [-0.15, -0.1) is 0 Å². The molecule has 3 nitrogen and oxygen atoms in total. The van der Waals surface area contributed by atoms with Gasteiger partial charge in [-0.25, -0.2) is 4.79 Å². The first kappa shape index (κ1) is 13.8. The van der Waals surface area contributed by atoms with E-state index in [1.807, 2.05) is 0 Å². The summed E-state index contributed by atoms with van der Waals surface area (Å²) in [6.07, 6.45) is -3.15. The number of alkyl halides is 3. The Labute approximate surface area is 112 Å². The molecule has 0 heterocycles. The first-order valence-electron chi connectivity index (χ1n) is 5.53. The van der Waals surface area contributed by atoms with Crippen molar-refractivity contribution >= 4 is 11.8 Å². The zero-order chi connectivity index (χ0) is 14.6. The lowest BCUT2D eigenvalue weighted by atomic mass is 10.2. The minimum Gasteiger partial charge on any atom is -0.457 e. The van der Waals surface area contributed by atoms with Gasteiger partial charge in [-0.3, -0.25) is 0 Å². The molecule has 102 valence electrons. The van der Waals surface area contributed by atoms with Crippen LogP contribution in [0.4, 0.5) is 18.9 Å². The number of aliphatic imine (C=N–C) groups is 1. The van der Waals surface area contributed by atoms with E-state index in [0.717, 1.165) is 6.07 Å². The van der Waals surface area contributed by atoms with E-state index < -0.39 is 11.7 Å². The molecule has 0 bridgehead atoms. The molecule has 2 aromatic carbocycles. The van der Waals surface area contributed by atoms with Crippen LogP contribution in [0.2, 0.25) is 0 Å². The number of halogens is 3. The van der Waals surface area contributed by atoms with E-state index in [9.17, 15) is 18.0 Å². The summed E-state index contributed by atoms with van der Waals surface area (Å²) in [4.78, 5) is 13.5. The van der Waals surface area contributed by atoms with Crippen molar-refractivity contribution in [3.63, 3.8) is 0 Å². The highest BCUT2D eigenvalue weighted by atomic mass is 19.4. The molecule has 20 heavy (non-hydrogen) atoms. The number of isocyanates is 1. The third-order valence-electron chi connectivity index (χ3n) is 2.41. The number of hydrogen-bond acceptors (Lipinski definition) is 3. The van der Waals surface area contributed by atoms with Crippen molar-refractivity contribution in [3.8, 4) is 11.5 Å². The summed E-state index contributed by atoms with van der Waals surface area (Å²) in [5.74, 6) is -0.162. The number of rotatable bonds is 3. The van der Waals surface area contributed by atoms with Gasteiger partial charge in [0, 0.05) is 6.07 Å². The van der Waals surface area contributed by atoms with Crippen LogP contribution in [0.3, 0.4) is 0 Å². The number of ether oxygens (including phenoxy) is 1. The van der Waals surface area contributed by atoms with E-state index >= 15 is 0 Å². The molecule has 0 spiro atoms. The molecule has 0 unspecified atom stereocenters. The number of nitrogens with zero attached hydrogens (tertiary/aromatic N) is 1. The van der Waals surface area contributed by atoms with Crippen LogP contribution in [-0.2, 0) is 11.0 Å². The molecular weight excluding hydrogens is 271 g/mol. The Morgan fingerprint density at radius 2 is 1.80 bits per heavy atom. The van der Waals surface area contributed by atoms with Crippen molar-refractivity contribution in [1.29, 1.82) is 0 Å². The quantitative estimate of drug-likeness (QED) is 0.614. The molecule has 0 radical (unpaired) electrons. The third-order valence-corrected chi connectivity index (χ3v) is 2.41. The molecular formula is C14H8F3NO2. The topological polar surface area (TPSA) is 38.7 Å². The molecule has 0 aliphatic rings. The van der Waals surface area contributed by atoms with Gasteiger partial charge < -0.3 is 4.74 Å². The van der Waals surface area contributed by atoms with E-state index in [1.54, 1.807) is 0 Å². The van der Waals surface area contributed by atoms with Gasteiger partial charge in [-0.2, -0.15) is 18.2 Å². The second-order valence-electron chi connectivity index (χ2n) is 3.80. The van der Waals surface area contributed by atoms with E-state index in [0.29, 0.717) is 0 Å². The maximum absolute atomic E-state index is 12.8. The summed E-state index contributed by atoms with van der Waals surface area (Å²) in [5, 5.41) is 0. The highest BCUT2D eigenvalue weighted by molar-refractivity contribution is 5.52. The van der Waals surface area contributed by atoms with Crippen molar-refractivity contribution in [2.45, 2.75) is 6.18 Å². The van der Waals surface area contributed by atoms with Crippen LogP contribution >= 0.6 is 0 Å². The number of benzene rings is 2. The van der Waals surface area contributed by atoms with Crippen LogP contribution in [0.5, 0.6) is 11.5 Å². The second kappa shape index (κ2) is 5.59. The van der Waals surface area contributed by atoms with Gasteiger partial charge in [0.05, 0.1) is 11.3 Å². The SMILES string of the molecule is O=C=Nc1cccc(Oc2ccccc2C(F)(F)F)c1. The van der Waals surface area contributed by atoms with Gasteiger partial charge in [0.25, 0.3) is 0 Å². The predicted molar refractivity (Wildman–Crippen MR) is 65.7 cm³/mol. The predicted octanol–water partition coefficient (Wildman–Crippen LogP) is 4.47. The van der Waals surface area contributed by atoms with Gasteiger partial charge in [-0.1, -0.05) is 18.2 Å². The van der Waals surface area contributed by atoms with Crippen molar-refractivity contribution in [2.75, 3.05) is 0 Å². The Kier molecular flexibility index (Phi) is 3.86. The third kappa shape index (κ3) is 3.24. The molecule has 0 N–H and O–H groups in total. The van der Waals surface area contributed by atoms with Crippen LogP contribution in [0.1, 0.15) is 5.56 Å². The summed E-state index contributed by atoms with van der Waals surface area (Å²) in [7, 11) is 0. The number of para-hydroxylation sites is 1. The summed E-state index contributed by atoms with van der Waals surface area (Å²) < 4.78 is 43.6. The Bertz CT molecular complexity index is 661. The average Bonchev–Trinajstić information content (AvgIpc) is 2.39. The summed E-state index contributed by atoms with van der Waals surface area (Å²) in [6.45, 7) is 0. The fourth-order valence-corrected chi connectivity index (χ4v) is 1.59. The molecule has 0 amide bonds. The average molecular weight is 279 g/mol. The van der Waals surface area contributed by atoms with Crippen molar-refractivity contribution in [1.82, 2.24) is 0 Å². The monoisotopic (exact) mass is 279 g/mol. The fourth-order valence-electron chi connectivity index (χ4n) is 1.59. The summed E-state index contributed by atoms with van der Waals surface area (Å²) in [6, 6.07) is 10.7. The molecule has 2 aromatic rings. The molecule has 0 aliphatic carbocycles. The van der Waals surface area contributed by atoms with Gasteiger partial charge >= 0.3 is 6.18 Å². The van der Waals surface area contributed by atoms with E-state index in [4.69, 9.17) is 4.74 Å². The first-order chi connectivity index (χ1) is 9.50. The maximum Gasteiger partial charge on any atom is 0.419 e.